The molecule has 0 saturated carbocycles. The van der Waals surface area contributed by atoms with E-state index in [0.29, 0.717) is 36.9 Å². The second-order valence-corrected chi connectivity index (χ2v) is 9.17. The van der Waals surface area contributed by atoms with E-state index in [9.17, 15) is 9.59 Å². The molecule has 0 unspecified atom stereocenters. The Kier molecular flexibility index (Phi) is 5.00. The first kappa shape index (κ1) is 19.2. The van der Waals surface area contributed by atoms with Gasteiger partial charge in [0, 0.05) is 30.4 Å². The fourth-order valence-corrected chi connectivity index (χ4v) is 5.17. The van der Waals surface area contributed by atoms with E-state index in [1.54, 1.807) is 40.1 Å². The van der Waals surface area contributed by atoms with Gasteiger partial charge in [-0.2, -0.15) is 0 Å². The Labute approximate surface area is 181 Å². The molecular weight excluding hydrogens is 422 g/mol. The van der Waals surface area contributed by atoms with Crippen molar-refractivity contribution < 1.29 is 19.1 Å². The molecule has 154 valence electrons. The fraction of sp³-hybridized carbons (Fsp3) is 0.286. The lowest BCUT2D eigenvalue weighted by molar-refractivity contribution is -0.122. The Bertz CT molecular complexity index is 1150. The topological polar surface area (TPSA) is 80.8 Å². The number of benzene rings is 2. The lowest BCUT2D eigenvalue weighted by Gasteiger charge is -2.22. The van der Waals surface area contributed by atoms with Gasteiger partial charge < -0.3 is 19.7 Å². The average Bonchev–Trinajstić information content (AvgIpc) is 3.36. The highest BCUT2D eigenvalue weighted by atomic mass is 32.2. The summed E-state index contributed by atoms with van der Waals surface area (Å²) in [5.74, 6) is 0.660. The molecule has 0 spiro atoms. The van der Waals surface area contributed by atoms with Crippen LogP contribution in [0.4, 0.5) is 11.4 Å². The molecule has 3 heterocycles. The van der Waals surface area contributed by atoms with Gasteiger partial charge >= 0.3 is 0 Å². The van der Waals surface area contributed by atoms with Gasteiger partial charge in [0.05, 0.1) is 16.1 Å². The van der Waals surface area contributed by atoms with Gasteiger partial charge in [0.1, 0.15) is 13.2 Å². The molecule has 7 nitrogen and oxygen atoms in total. The Morgan fingerprint density at radius 1 is 1.20 bits per heavy atom. The summed E-state index contributed by atoms with van der Waals surface area (Å²) in [6.07, 6.45) is 2.17. The van der Waals surface area contributed by atoms with Crippen molar-refractivity contribution in [3.63, 3.8) is 0 Å². The van der Waals surface area contributed by atoms with Crippen LogP contribution in [0.1, 0.15) is 6.42 Å². The highest BCUT2D eigenvalue weighted by Crippen LogP contribution is 2.36. The van der Waals surface area contributed by atoms with Crippen molar-refractivity contribution >= 4 is 56.5 Å². The quantitative estimate of drug-likeness (QED) is 0.621. The normalized spacial score (nSPS) is 18.1. The van der Waals surface area contributed by atoms with E-state index in [4.69, 9.17) is 9.47 Å². The molecule has 1 fully saturated rings. The number of amides is 2. The van der Waals surface area contributed by atoms with Gasteiger partial charge in [-0.25, -0.2) is 4.98 Å². The number of carbonyl (C=O) groups excluding carboxylic acids is 2. The van der Waals surface area contributed by atoms with Crippen molar-refractivity contribution in [2.45, 2.75) is 10.8 Å². The maximum Gasteiger partial charge on any atom is 0.229 e. The second kappa shape index (κ2) is 7.81. The van der Waals surface area contributed by atoms with Gasteiger partial charge in [-0.3, -0.25) is 9.59 Å². The van der Waals surface area contributed by atoms with E-state index in [0.717, 1.165) is 20.2 Å². The number of ether oxygens (including phenoxy) is 2. The number of rotatable bonds is 4. The minimum absolute atomic E-state index is 0.0747. The molecule has 1 aromatic heterocycles. The van der Waals surface area contributed by atoms with Gasteiger partial charge in [0.15, 0.2) is 15.8 Å². The zero-order chi connectivity index (χ0) is 20.7. The third-order valence-corrected chi connectivity index (χ3v) is 7.15. The Balaban J connectivity index is 1.30. The Hall–Kier alpha value is -2.78. The van der Waals surface area contributed by atoms with Gasteiger partial charge in [-0.15, -0.1) is 11.3 Å². The van der Waals surface area contributed by atoms with Gasteiger partial charge in [0.25, 0.3) is 0 Å². The predicted molar refractivity (Wildman–Crippen MR) is 118 cm³/mol. The predicted octanol–water partition coefficient (Wildman–Crippen LogP) is 3.78. The van der Waals surface area contributed by atoms with E-state index in [-0.39, 0.29) is 18.2 Å². The number of nitrogens with one attached hydrogen (secondary N) is 1. The summed E-state index contributed by atoms with van der Waals surface area (Å²) in [4.78, 5) is 31.6. The zero-order valence-electron chi connectivity index (χ0n) is 16.2. The minimum atomic E-state index is -0.412. The zero-order valence-corrected chi connectivity index (χ0v) is 17.8. The number of thiazole rings is 1. The fourth-order valence-electron chi connectivity index (χ4n) is 3.65. The van der Waals surface area contributed by atoms with Gasteiger partial charge in [-0.05, 0) is 36.6 Å². The number of anilines is 2. The van der Waals surface area contributed by atoms with Crippen LogP contribution in [0.25, 0.3) is 10.2 Å². The first-order valence-corrected chi connectivity index (χ1v) is 11.6. The van der Waals surface area contributed by atoms with Gasteiger partial charge in [-0.1, -0.05) is 11.8 Å². The smallest absolute Gasteiger partial charge is 0.229 e. The summed E-state index contributed by atoms with van der Waals surface area (Å²) in [7, 11) is 0. The molecule has 9 heteroatoms. The standard InChI is InChI=1S/C21H19N3O4S2/c1-29-21-23-15-4-2-13(9-18(15)30-21)22-20(26)12-8-19(25)24(11-12)14-3-5-16-17(10-14)28-7-6-27-16/h2-5,9-10,12H,6-8,11H2,1H3,(H,22,26)/t12-/m1/s1. The molecular formula is C21H19N3O4S2. The van der Waals surface area contributed by atoms with E-state index in [2.05, 4.69) is 10.3 Å². The lowest BCUT2D eigenvalue weighted by Crippen LogP contribution is -2.28. The first-order chi connectivity index (χ1) is 14.6. The minimum Gasteiger partial charge on any atom is -0.486 e. The van der Waals surface area contributed by atoms with E-state index >= 15 is 0 Å². The van der Waals surface area contributed by atoms with E-state index in [1.165, 1.54) is 0 Å². The summed E-state index contributed by atoms with van der Waals surface area (Å²) < 4.78 is 13.2. The number of hydrogen-bond acceptors (Lipinski definition) is 7. The van der Waals surface area contributed by atoms with Crippen LogP contribution in [0.5, 0.6) is 11.5 Å². The number of thioether (sulfide) groups is 1. The van der Waals surface area contributed by atoms with Crippen molar-refractivity contribution in [1.82, 2.24) is 4.98 Å². The van der Waals surface area contributed by atoms with Crippen molar-refractivity contribution in [2.75, 3.05) is 36.2 Å². The lowest BCUT2D eigenvalue weighted by atomic mass is 10.1. The average molecular weight is 442 g/mol. The molecule has 1 N–H and O–H groups in total. The van der Waals surface area contributed by atoms with Crippen LogP contribution in [0, 0.1) is 5.92 Å². The van der Waals surface area contributed by atoms with Crippen molar-refractivity contribution in [2.24, 2.45) is 5.92 Å². The third-order valence-electron chi connectivity index (χ3n) is 5.14. The molecule has 0 aliphatic carbocycles. The summed E-state index contributed by atoms with van der Waals surface area (Å²) in [6.45, 7) is 1.34. The summed E-state index contributed by atoms with van der Waals surface area (Å²) in [6, 6.07) is 11.1. The molecule has 2 aliphatic heterocycles. The van der Waals surface area contributed by atoms with E-state index in [1.807, 2.05) is 30.5 Å². The number of nitrogens with zero attached hydrogens (tertiary/aromatic N) is 2. The third kappa shape index (κ3) is 3.59. The number of aromatic nitrogens is 1. The number of hydrogen-bond donors (Lipinski definition) is 1. The summed E-state index contributed by atoms with van der Waals surface area (Å²) in [5, 5.41) is 2.96. The molecule has 1 atom stereocenters. The summed E-state index contributed by atoms with van der Waals surface area (Å²) in [5.41, 5.74) is 2.35. The highest BCUT2D eigenvalue weighted by molar-refractivity contribution is 8.00. The molecule has 1 saturated heterocycles. The number of carbonyl (C=O) groups is 2. The maximum absolute atomic E-state index is 12.8. The first-order valence-electron chi connectivity index (χ1n) is 9.56. The SMILES string of the molecule is CSc1nc2ccc(NC(=O)[C@@H]3CC(=O)N(c4ccc5c(c4)OCCO5)C3)cc2s1. The van der Waals surface area contributed by atoms with Crippen LogP contribution in [-0.4, -0.2) is 42.8 Å². The molecule has 3 aromatic rings. The summed E-state index contributed by atoms with van der Waals surface area (Å²) >= 11 is 3.20. The molecule has 2 aliphatic rings. The van der Waals surface area contributed by atoms with Crippen LogP contribution in [0.2, 0.25) is 0 Å². The molecule has 0 radical (unpaired) electrons. The Morgan fingerprint density at radius 3 is 2.87 bits per heavy atom. The van der Waals surface area contributed by atoms with E-state index < -0.39 is 5.92 Å². The Morgan fingerprint density at radius 2 is 2.03 bits per heavy atom. The van der Waals surface area contributed by atoms with Gasteiger partial charge in [0.2, 0.25) is 11.8 Å². The van der Waals surface area contributed by atoms with Crippen molar-refractivity contribution in [3.8, 4) is 11.5 Å². The maximum atomic E-state index is 12.8. The molecule has 2 aromatic carbocycles. The van der Waals surface area contributed by atoms with Crippen LogP contribution < -0.4 is 19.7 Å². The molecule has 2 amide bonds. The van der Waals surface area contributed by atoms with Crippen LogP contribution in [0.3, 0.4) is 0 Å². The molecule has 0 bridgehead atoms. The largest absolute Gasteiger partial charge is 0.486 e. The van der Waals surface area contributed by atoms with Crippen LogP contribution in [-0.2, 0) is 9.59 Å². The molecule has 30 heavy (non-hydrogen) atoms. The highest BCUT2D eigenvalue weighted by Gasteiger charge is 2.35. The van der Waals surface area contributed by atoms with Crippen LogP contribution in [0.15, 0.2) is 40.7 Å². The second-order valence-electron chi connectivity index (χ2n) is 7.09. The number of fused-ring (bicyclic) bond motifs is 2. The van der Waals surface area contributed by atoms with Crippen molar-refractivity contribution in [1.29, 1.82) is 0 Å². The van der Waals surface area contributed by atoms with Crippen molar-refractivity contribution in [3.05, 3.63) is 36.4 Å². The monoisotopic (exact) mass is 441 g/mol. The van der Waals surface area contributed by atoms with Crippen LogP contribution >= 0.6 is 23.1 Å². The molecule has 5 rings (SSSR count).